The van der Waals surface area contributed by atoms with E-state index in [0.717, 1.165) is 34.9 Å². The van der Waals surface area contributed by atoms with Gasteiger partial charge < -0.3 is 15.0 Å². The lowest BCUT2D eigenvalue weighted by molar-refractivity contribution is -0.208. The van der Waals surface area contributed by atoms with Crippen LogP contribution in [0, 0.1) is 11.7 Å². The zero-order valence-electron chi connectivity index (χ0n) is 15.7. The summed E-state index contributed by atoms with van der Waals surface area (Å²) in [5.74, 6) is 0.0229. The second kappa shape index (κ2) is 7.79. The number of fused-ring (bicyclic) bond motifs is 1. The molecular formula is C20H22F4N4O. The predicted molar refractivity (Wildman–Crippen MR) is 101 cm³/mol. The van der Waals surface area contributed by atoms with Gasteiger partial charge in [0.25, 0.3) is 0 Å². The van der Waals surface area contributed by atoms with Gasteiger partial charge in [-0.3, -0.25) is 4.68 Å². The molecule has 1 atom stereocenters. The van der Waals surface area contributed by atoms with Crippen molar-refractivity contribution in [1.29, 1.82) is 0 Å². The fourth-order valence-electron chi connectivity index (χ4n) is 3.90. The third-order valence-corrected chi connectivity index (χ3v) is 5.55. The van der Waals surface area contributed by atoms with Crippen LogP contribution in [0.1, 0.15) is 12.8 Å². The van der Waals surface area contributed by atoms with Crippen molar-refractivity contribution in [3.63, 3.8) is 0 Å². The van der Waals surface area contributed by atoms with Crippen molar-refractivity contribution < 1.29 is 22.7 Å². The van der Waals surface area contributed by atoms with Crippen LogP contribution in [0.5, 0.6) is 0 Å². The molecule has 29 heavy (non-hydrogen) atoms. The van der Waals surface area contributed by atoms with Crippen LogP contribution in [0.15, 0.2) is 36.8 Å². The Kier molecular flexibility index (Phi) is 5.35. The van der Waals surface area contributed by atoms with Gasteiger partial charge in [-0.05, 0) is 50.0 Å². The summed E-state index contributed by atoms with van der Waals surface area (Å²) in [6.07, 6.45) is 0.175. The fourth-order valence-corrected chi connectivity index (χ4v) is 3.90. The van der Waals surface area contributed by atoms with Crippen molar-refractivity contribution in [2.45, 2.75) is 31.7 Å². The van der Waals surface area contributed by atoms with E-state index in [4.69, 9.17) is 0 Å². The lowest BCUT2D eigenvalue weighted by atomic mass is 9.96. The minimum atomic E-state index is -4.57. The third-order valence-electron chi connectivity index (χ3n) is 5.55. The van der Waals surface area contributed by atoms with E-state index in [1.165, 1.54) is 12.1 Å². The number of alkyl halides is 3. The summed E-state index contributed by atoms with van der Waals surface area (Å²) in [4.78, 5) is 4.73. The van der Waals surface area contributed by atoms with Gasteiger partial charge in [-0.2, -0.15) is 18.3 Å². The number of piperidine rings is 1. The van der Waals surface area contributed by atoms with Crippen molar-refractivity contribution in [3.8, 4) is 11.1 Å². The maximum absolute atomic E-state index is 13.4. The summed E-state index contributed by atoms with van der Waals surface area (Å²) in [5.41, 5.74) is 2.59. The van der Waals surface area contributed by atoms with Crippen LogP contribution in [0.2, 0.25) is 0 Å². The first-order valence-corrected chi connectivity index (χ1v) is 9.56. The molecule has 1 aromatic carbocycles. The number of rotatable bonds is 5. The smallest absolute Gasteiger partial charge is 0.382 e. The van der Waals surface area contributed by atoms with Crippen LogP contribution >= 0.6 is 0 Å². The molecule has 9 heteroatoms. The average molecular weight is 410 g/mol. The average Bonchev–Trinajstić information content (AvgIpc) is 3.28. The van der Waals surface area contributed by atoms with Gasteiger partial charge in [-0.1, -0.05) is 0 Å². The Hall–Kier alpha value is -2.39. The van der Waals surface area contributed by atoms with Gasteiger partial charge in [0.15, 0.2) is 6.10 Å². The van der Waals surface area contributed by atoms with E-state index in [1.807, 2.05) is 17.1 Å². The molecule has 0 amide bonds. The SMILES string of the molecule is OC(CN1CCC(Cn2cc(-c3c[nH]c4cc(F)ccc34)cn2)CC1)C(F)(F)F. The highest BCUT2D eigenvalue weighted by molar-refractivity contribution is 5.95. The summed E-state index contributed by atoms with van der Waals surface area (Å²) in [6, 6.07) is 4.61. The monoisotopic (exact) mass is 410 g/mol. The van der Waals surface area contributed by atoms with E-state index in [9.17, 15) is 22.7 Å². The van der Waals surface area contributed by atoms with Crippen molar-refractivity contribution in [2.75, 3.05) is 19.6 Å². The quantitative estimate of drug-likeness (QED) is 0.629. The molecule has 2 aromatic heterocycles. The molecule has 5 nitrogen and oxygen atoms in total. The van der Waals surface area contributed by atoms with E-state index in [0.29, 0.717) is 25.6 Å². The van der Waals surface area contributed by atoms with Crippen LogP contribution in [0.4, 0.5) is 17.6 Å². The van der Waals surface area contributed by atoms with Gasteiger partial charge >= 0.3 is 6.18 Å². The highest BCUT2D eigenvalue weighted by Crippen LogP contribution is 2.29. The number of aromatic nitrogens is 3. The molecule has 3 aromatic rings. The Labute approximate surface area is 164 Å². The number of aliphatic hydroxyl groups excluding tert-OH is 1. The number of nitrogens with zero attached hydrogens (tertiary/aromatic N) is 3. The molecule has 4 rings (SSSR count). The summed E-state index contributed by atoms with van der Waals surface area (Å²) in [5, 5.41) is 14.6. The molecule has 1 aliphatic heterocycles. The number of hydrogen-bond donors (Lipinski definition) is 2. The van der Waals surface area contributed by atoms with Crippen LogP contribution in [0.25, 0.3) is 22.0 Å². The second-order valence-electron chi connectivity index (χ2n) is 7.64. The number of benzene rings is 1. The summed E-state index contributed by atoms with van der Waals surface area (Å²) < 4.78 is 52.7. The molecule has 0 bridgehead atoms. The highest BCUT2D eigenvalue weighted by Gasteiger charge is 2.39. The van der Waals surface area contributed by atoms with Crippen molar-refractivity contribution in [2.24, 2.45) is 5.92 Å². The van der Waals surface area contributed by atoms with Crippen LogP contribution in [0.3, 0.4) is 0 Å². The highest BCUT2D eigenvalue weighted by atomic mass is 19.4. The first-order chi connectivity index (χ1) is 13.8. The number of hydrogen-bond acceptors (Lipinski definition) is 3. The zero-order valence-corrected chi connectivity index (χ0v) is 15.7. The first-order valence-electron chi connectivity index (χ1n) is 9.56. The van der Waals surface area contributed by atoms with E-state index in [-0.39, 0.29) is 12.4 Å². The second-order valence-corrected chi connectivity index (χ2v) is 7.64. The number of likely N-dealkylation sites (tertiary alicyclic amines) is 1. The van der Waals surface area contributed by atoms with Crippen LogP contribution in [-0.2, 0) is 6.54 Å². The molecule has 1 unspecified atom stereocenters. The predicted octanol–water partition coefficient (Wildman–Crippen LogP) is 3.81. The Morgan fingerprint density at radius 3 is 2.72 bits per heavy atom. The minimum absolute atomic E-state index is 0.296. The molecule has 0 aliphatic carbocycles. The number of H-pyrrole nitrogens is 1. The fraction of sp³-hybridized carbons (Fsp3) is 0.450. The summed E-state index contributed by atoms with van der Waals surface area (Å²) in [7, 11) is 0. The number of halogens is 4. The molecule has 2 N–H and O–H groups in total. The molecule has 0 spiro atoms. The Morgan fingerprint density at radius 1 is 1.24 bits per heavy atom. The minimum Gasteiger partial charge on any atom is -0.382 e. The van der Waals surface area contributed by atoms with E-state index < -0.39 is 12.3 Å². The Bertz CT molecular complexity index is 972. The van der Waals surface area contributed by atoms with Crippen LogP contribution < -0.4 is 0 Å². The largest absolute Gasteiger partial charge is 0.415 e. The molecule has 3 heterocycles. The lowest BCUT2D eigenvalue weighted by Gasteiger charge is -2.33. The molecule has 156 valence electrons. The Balaban J connectivity index is 1.35. The maximum atomic E-state index is 13.4. The molecular weight excluding hydrogens is 388 g/mol. The van der Waals surface area contributed by atoms with Gasteiger partial charge in [0.2, 0.25) is 0 Å². The number of nitrogens with one attached hydrogen (secondary N) is 1. The topological polar surface area (TPSA) is 57.1 Å². The molecule has 1 saturated heterocycles. The van der Waals surface area contributed by atoms with Crippen molar-refractivity contribution in [1.82, 2.24) is 19.7 Å². The number of aliphatic hydroxyl groups is 1. The Morgan fingerprint density at radius 2 is 2.00 bits per heavy atom. The lowest BCUT2D eigenvalue weighted by Crippen LogP contribution is -2.44. The third kappa shape index (κ3) is 4.45. The van der Waals surface area contributed by atoms with Crippen LogP contribution in [-0.4, -0.2) is 56.7 Å². The van der Waals surface area contributed by atoms with E-state index in [1.54, 1.807) is 17.2 Å². The van der Waals surface area contributed by atoms with Crippen molar-refractivity contribution in [3.05, 3.63) is 42.6 Å². The van der Waals surface area contributed by atoms with Gasteiger partial charge in [-0.15, -0.1) is 0 Å². The molecule has 0 saturated carbocycles. The molecule has 1 aliphatic rings. The first kappa shape index (κ1) is 19.9. The normalized spacial score (nSPS) is 17.8. The maximum Gasteiger partial charge on any atom is 0.415 e. The van der Waals surface area contributed by atoms with Gasteiger partial charge in [0, 0.05) is 47.5 Å². The zero-order chi connectivity index (χ0) is 20.6. The summed E-state index contributed by atoms with van der Waals surface area (Å²) in [6.45, 7) is 1.37. The van der Waals surface area contributed by atoms with E-state index >= 15 is 0 Å². The molecule has 0 radical (unpaired) electrons. The summed E-state index contributed by atoms with van der Waals surface area (Å²) >= 11 is 0. The standard InChI is InChI=1S/C20H22F4N4O/c21-15-1-2-16-17(9-25-18(16)7-15)14-8-26-28(11-14)10-13-3-5-27(6-4-13)12-19(29)20(22,23)24/h1-2,7-9,11,13,19,25,29H,3-6,10,12H2. The van der Waals surface area contributed by atoms with Gasteiger partial charge in [0.05, 0.1) is 6.20 Å². The van der Waals surface area contributed by atoms with Crippen molar-refractivity contribution >= 4 is 10.9 Å². The van der Waals surface area contributed by atoms with Gasteiger partial charge in [-0.25, -0.2) is 4.39 Å². The van der Waals surface area contributed by atoms with Gasteiger partial charge in [0.1, 0.15) is 5.82 Å². The number of β-amino-alcohol motifs (C(OH)–C–C–N with tert-alkyl or cyclic N) is 1. The number of aromatic amines is 1. The molecule has 1 fully saturated rings. The van der Waals surface area contributed by atoms with E-state index in [2.05, 4.69) is 10.1 Å².